The topological polar surface area (TPSA) is 49.8 Å². The lowest BCUT2D eigenvalue weighted by Gasteiger charge is -2.23. The third-order valence-corrected chi connectivity index (χ3v) is 3.02. The van der Waals surface area contributed by atoms with E-state index in [-0.39, 0.29) is 0 Å². The predicted molar refractivity (Wildman–Crippen MR) is 70.1 cm³/mol. The number of nitrogens with zero attached hydrogens (tertiary/aromatic N) is 2. The zero-order chi connectivity index (χ0) is 12.1. The zero-order valence-corrected chi connectivity index (χ0v) is 10.7. The first-order valence-corrected chi connectivity index (χ1v) is 6.52. The maximum Gasteiger partial charge on any atom is 0.222 e. The van der Waals surface area contributed by atoms with Crippen molar-refractivity contribution in [1.82, 2.24) is 15.3 Å². The lowest BCUT2D eigenvalue weighted by atomic mass is 10.1. The summed E-state index contributed by atoms with van der Waals surface area (Å²) in [5.74, 6) is 1.42. The minimum Gasteiger partial charge on any atom is -0.351 e. The number of hydrogen-bond donors (Lipinski definition) is 2. The van der Waals surface area contributed by atoms with E-state index in [1.54, 1.807) is 0 Å². The molecule has 1 aliphatic rings. The number of anilines is 1. The fourth-order valence-electron chi connectivity index (χ4n) is 2.15. The van der Waals surface area contributed by atoms with Crippen LogP contribution in [0.5, 0.6) is 0 Å². The van der Waals surface area contributed by atoms with Gasteiger partial charge in [-0.1, -0.05) is 13.8 Å². The van der Waals surface area contributed by atoms with Gasteiger partial charge in [-0.2, -0.15) is 0 Å². The Morgan fingerprint density at radius 2 is 1.94 bits per heavy atom. The van der Waals surface area contributed by atoms with Gasteiger partial charge in [-0.15, -0.1) is 0 Å². The monoisotopic (exact) mass is 234 g/mol. The Kier molecular flexibility index (Phi) is 4.31. The first-order chi connectivity index (χ1) is 8.24. The fourth-order valence-corrected chi connectivity index (χ4v) is 2.15. The van der Waals surface area contributed by atoms with Gasteiger partial charge in [0.2, 0.25) is 5.95 Å². The highest BCUT2D eigenvalue weighted by Gasteiger charge is 2.13. The molecule has 4 heteroatoms. The Morgan fingerprint density at radius 1 is 1.29 bits per heavy atom. The van der Waals surface area contributed by atoms with Gasteiger partial charge in [-0.05, 0) is 43.8 Å². The van der Waals surface area contributed by atoms with Crippen molar-refractivity contribution in [2.45, 2.75) is 39.2 Å². The van der Waals surface area contributed by atoms with Gasteiger partial charge in [0.25, 0.3) is 0 Å². The van der Waals surface area contributed by atoms with Crippen LogP contribution >= 0.6 is 0 Å². The summed E-state index contributed by atoms with van der Waals surface area (Å²) in [6, 6.07) is 0.521. The summed E-state index contributed by atoms with van der Waals surface area (Å²) in [6.07, 6.45) is 7.23. The van der Waals surface area contributed by atoms with Gasteiger partial charge in [0.05, 0.1) is 0 Å². The normalized spacial score (nSPS) is 17.4. The van der Waals surface area contributed by atoms with E-state index >= 15 is 0 Å². The summed E-state index contributed by atoms with van der Waals surface area (Å²) in [7, 11) is 0. The maximum atomic E-state index is 4.38. The molecular weight excluding hydrogens is 212 g/mol. The molecule has 2 rings (SSSR count). The Hall–Kier alpha value is -1.16. The number of aromatic nitrogens is 2. The second-order valence-electron chi connectivity index (χ2n) is 5.18. The van der Waals surface area contributed by atoms with Crippen molar-refractivity contribution in [1.29, 1.82) is 0 Å². The minimum absolute atomic E-state index is 0.521. The number of nitrogens with one attached hydrogen (secondary N) is 2. The standard InChI is InChI=1S/C13H22N4/c1-10(2)7-11-8-15-13(16-9-11)17-12-3-5-14-6-4-12/h8-10,12,14H,3-7H2,1-2H3,(H,15,16,17). The van der Waals surface area contributed by atoms with E-state index < -0.39 is 0 Å². The van der Waals surface area contributed by atoms with E-state index in [0.717, 1.165) is 38.3 Å². The SMILES string of the molecule is CC(C)Cc1cnc(NC2CCNCC2)nc1. The molecule has 1 fully saturated rings. The molecule has 0 spiro atoms. The molecule has 0 aliphatic carbocycles. The van der Waals surface area contributed by atoms with Crippen molar-refractivity contribution in [3.63, 3.8) is 0 Å². The van der Waals surface area contributed by atoms with Crippen LogP contribution < -0.4 is 10.6 Å². The molecule has 1 aliphatic heterocycles. The molecular formula is C13H22N4. The third-order valence-electron chi connectivity index (χ3n) is 3.02. The summed E-state index contributed by atoms with van der Waals surface area (Å²) < 4.78 is 0. The molecule has 2 N–H and O–H groups in total. The van der Waals surface area contributed by atoms with Crippen molar-refractivity contribution in [3.8, 4) is 0 Å². The summed E-state index contributed by atoms with van der Waals surface area (Å²) >= 11 is 0. The molecule has 0 aromatic carbocycles. The van der Waals surface area contributed by atoms with Crippen LogP contribution in [0.4, 0.5) is 5.95 Å². The van der Waals surface area contributed by atoms with Gasteiger partial charge in [0, 0.05) is 18.4 Å². The van der Waals surface area contributed by atoms with Crippen LogP contribution in [0.15, 0.2) is 12.4 Å². The zero-order valence-electron chi connectivity index (χ0n) is 10.7. The van der Waals surface area contributed by atoms with Crippen LogP contribution in [-0.2, 0) is 6.42 Å². The summed E-state index contributed by atoms with van der Waals surface area (Å²) in [5.41, 5.74) is 1.22. The van der Waals surface area contributed by atoms with Crippen molar-refractivity contribution in [2.75, 3.05) is 18.4 Å². The van der Waals surface area contributed by atoms with E-state index in [1.807, 2.05) is 12.4 Å². The van der Waals surface area contributed by atoms with Crippen LogP contribution in [0.3, 0.4) is 0 Å². The summed E-state index contributed by atoms with van der Waals surface area (Å²) in [4.78, 5) is 8.77. The second kappa shape index (κ2) is 5.96. The highest BCUT2D eigenvalue weighted by Crippen LogP contribution is 2.10. The molecule has 0 amide bonds. The molecule has 0 atom stereocenters. The first-order valence-electron chi connectivity index (χ1n) is 6.52. The molecule has 0 bridgehead atoms. The van der Waals surface area contributed by atoms with Gasteiger partial charge < -0.3 is 10.6 Å². The first kappa shape index (κ1) is 12.3. The quantitative estimate of drug-likeness (QED) is 0.834. The van der Waals surface area contributed by atoms with Crippen molar-refractivity contribution in [2.24, 2.45) is 5.92 Å². The lowest BCUT2D eigenvalue weighted by molar-refractivity contribution is 0.477. The third kappa shape index (κ3) is 3.97. The van der Waals surface area contributed by atoms with Gasteiger partial charge >= 0.3 is 0 Å². The van der Waals surface area contributed by atoms with Gasteiger partial charge in [0.1, 0.15) is 0 Å². The Labute approximate surface area is 103 Å². The van der Waals surface area contributed by atoms with Gasteiger partial charge in [-0.3, -0.25) is 0 Å². The molecule has 1 saturated heterocycles. The van der Waals surface area contributed by atoms with E-state index in [4.69, 9.17) is 0 Å². The van der Waals surface area contributed by atoms with Gasteiger partial charge in [-0.25, -0.2) is 9.97 Å². The van der Waals surface area contributed by atoms with Crippen LogP contribution in [-0.4, -0.2) is 29.1 Å². The minimum atomic E-state index is 0.521. The Morgan fingerprint density at radius 3 is 2.53 bits per heavy atom. The average Bonchev–Trinajstić information content (AvgIpc) is 2.32. The van der Waals surface area contributed by atoms with Gasteiger partial charge in [0.15, 0.2) is 0 Å². The van der Waals surface area contributed by atoms with Crippen LogP contribution in [0.1, 0.15) is 32.3 Å². The average molecular weight is 234 g/mol. The second-order valence-corrected chi connectivity index (χ2v) is 5.18. The highest BCUT2D eigenvalue weighted by atomic mass is 15.1. The smallest absolute Gasteiger partial charge is 0.222 e. The molecule has 1 aromatic rings. The molecule has 0 unspecified atom stereocenters. The lowest BCUT2D eigenvalue weighted by Crippen LogP contribution is -2.35. The number of piperidine rings is 1. The molecule has 17 heavy (non-hydrogen) atoms. The Bertz CT molecular complexity index is 328. The number of hydrogen-bond acceptors (Lipinski definition) is 4. The largest absolute Gasteiger partial charge is 0.351 e. The van der Waals surface area contributed by atoms with E-state index in [2.05, 4.69) is 34.4 Å². The van der Waals surface area contributed by atoms with E-state index in [9.17, 15) is 0 Å². The predicted octanol–water partition coefficient (Wildman–Crippen LogP) is 1.84. The molecule has 4 nitrogen and oxygen atoms in total. The summed E-state index contributed by atoms with van der Waals surface area (Å²) in [5, 5.41) is 6.75. The van der Waals surface area contributed by atoms with Crippen molar-refractivity contribution in [3.05, 3.63) is 18.0 Å². The Balaban J connectivity index is 1.88. The van der Waals surface area contributed by atoms with E-state index in [1.165, 1.54) is 5.56 Å². The van der Waals surface area contributed by atoms with Crippen molar-refractivity contribution < 1.29 is 0 Å². The number of rotatable bonds is 4. The molecule has 94 valence electrons. The van der Waals surface area contributed by atoms with E-state index in [0.29, 0.717) is 12.0 Å². The highest BCUT2D eigenvalue weighted by molar-refractivity contribution is 5.26. The molecule has 1 aromatic heterocycles. The summed E-state index contributed by atoms with van der Waals surface area (Å²) in [6.45, 7) is 6.59. The fraction of sp³-hybridized carbons (Fsp3) is 0.692. The maximum absolute atomic E-state index is 4.38. The van der Waals surface area contributed by atoms with Crippen LogP contribution in [0, 0.1) is 5.92 Å². The molecule has 2 heterocycles. The molecule has 0 saturated carbocycles. The van der Waals surface area contributed by atoms with Crippen molar-refractivity contribution >= 4 is 5.95 Å². The van der Waals surface area contributed by atoms with Crippen LogP contribution in [0.25, 0.3) is 0 Å². The van der Waals surface area contributed by atoms with Crippen LogP contribution in [0.2, 0.25) is 0 Å². The molecule has 0 radical (unpaired) electrons.